The van der Waals surface area contributed by atoms with Gasteiger partial charge in [0.05, 0.1) is 17.2 Å². The number of rotatable bonds is 3. The lowest BCUT2D eigenvalue weighted by molar-refractivity contribution is 0.0533. The monoisotopic (exact) mass is 365 g/mol. The molecule has 0 radical (unpaired) electrons. The first-order chi connectivity index (χ1) is 10.1. The van der Waals surface area contributed by atoms with Crippen LogP contribution < -0.4 is 5.73 Å². The van der Waals surface area contributed by atoms with E-state index in [1.165, 1.54) is 11.3 Å². The number of furan rings is 1. The Balaban J connectivity index is 2.02. The van der Waals surface area contributed by atoms with Gasteiger partial charge in [0.1, 0.15) is 16.2 Å². The number of carbonyl (C=O) groups excluding carboxylic acids is 1. The first-order valence-electron chi connectivity index (χ1n) is 6.34. The van der Waals surface area contributed by atoms with Gasteiger partial charge in [-0.1, -0.05) is 15.9 Å². The molecule has 0 saturated heterocycles. The molecule has 0 bridgehead atoms. The number of benzene rings is 1. The molecule has 21 heavy (non-hydrogen) atoms. The van der Waals surface area contributed by atoms with E-state index < -0.39 is 5.97 Å². The van der Waals surface area contributed by atoms with Crippen LogP contribution >= 0.6 is 27.3 Å². The summed E-state index contributed by atoms with van der Waals surface area (Å²) in [5.41, 5.74) is 7.09. The summed E-state index contributed by atoms with van der Waals surface area (Å²) in [6, 6.07) is 9.46. The molecule has 0 fully saturated rings. The first kappa shape index (κ1) is 14.2. The number of halogens is 1. The summed E-state index contributed by atoms with van der Waals surface area (Å²) in [6.45, 7) is 2.09. The smallest absolute Gasteiger partial charge is 0.350 e. The van der Waals surface area contributed by atoms with Crippen LogP contribution in [0, 0.1) is 0 Å². The summed E-state index contributed by atoms with van der Waals surface area (Å²) in [6.07, 6.45) is 0. The topological polar surface area (TPSA) is 65.5 Å². The van der Waals surface area contributed by atoms with Crippen LogP contribution in [0.4, 0.5) is 5.69 Å². The minimum Gasteiger partial charge on any atom is -0.462 e. The molecule has 0 amide bonds. The highest BCUT2D eigenvalue weighted by Crippen LogP contribution is 2.37. The lowest BCUT2D eigenvalue weighted by Gasteiger charge is -1.98. The Labute approximate surface area is 133 Å². The van der Waals surface area contributed by atoms with E-state index in [1.807, 2.05) is 24.3 Å². The minimum atomic E-state index is -0.398. The van der Waals surface area contributed by atoms with Gasteiger partial charge in [0.25, 0.3) is 0 Å². The zero-order valence-corrected chi connectivity index (χ0v) is 13.6. The number of nitrogen functional groups attached to an aromatic ring is 1. The van der Waals surface area contributed by atoms with Gasteiger partial charge in [0, 0.05) is 9.86 Å². The van der Waals surface area contributed by atoms with Crippen LogP contribution in [-0.4, -0.2) is 12.6 Å². The average molecular weight is 366 g/mol. The van der Waals surface area contributed by atoms with E-state index in [2.05, 4.69) is 15.9 Å². The largest absolute Gasteiger partial charge is 0.462 e. The summed E-state index contributed by atoms with van der Waals surface area (Å²) in [5, 5.41) is 0.990. The van der Waals surface area contributed by atoms with Gasteiger partial charge in [-0.15, -0.1) is 11.3 Å². The quantitative estimate of drug-likeness (QED) is 0.684. The maximum Gasteiger partial charge on any atom is 0.350 e. The van der Waals surface area contributed by atoms with E-state index in [-0.39, 0.29) is 0 Å². The molecule has 0 spiro atoms. The van der Waals surface area contributed by atoms with Gasteiger partial charge in [0.2, 0.25) is 0 Å². The van der Waals surface area contributed by atoms with Crippen LogP contribution in [0.2, 0.25) is 0 Å². The van der Waals surface area contributed by atoms with Crippen molar-refractivity contribution in [2.45, 2.75) is 6.92 Å². The fourth-order valence-electron chi connectivity index (χ4n) is 2.02. The van der Waals surface area contributed by atoms with Crippen molar-refractivity contribution >= 4 is 49.9 Å². The molecule has 0 aliphatic rings. The average Bonchev–Trinajstić information content (AvgIpc) is 3.01. The van der Waals surface area contributed by atoms with Crippen LogP contribution in [0.1, 0.15) is 16.6 Å². The Morgan fingerprint density at radius 2 is 2.19 bits per heavy atom. The maximum absolute atomic E-state index is 11.8. The van der Waals surface area contributed by atoms with Crippen LogP contribution in [-0.2, 0) is 4.74 Å². The van der Waals surface area contributed by atoms with Crippen molar-refractivity contribution in [3.63, 3.8) is 0 Å². The molecule has 108 valence electrons. The van der Waals surface area contributed by atoms with Crippen LogP contribution in [0.5, 0.6) is 0 Å². The fraction of sp³-hybridized carbons (Fsp3) is 0.133. The van der Waals surface area contributed by atoms with E-state index in [0.717, 1.165) is 20.3 Å². The molecule has 0 unspecified atom stereocenters. The number of anilines is 1. The van der Waals surface area contributed by atoms with Gasteiger partial charge in [0.15, 0.2) is 0 Å². The maximum atomic E-state index is 11.8. The number of carbonyl (C=O) groups is 1. The molecule has 4 nitrogen and oxygen atoms in total. The van der Waals surface area contributed by atoms with E-state index >= 15 is 0 Å². The molecule has 6 heteroatoms. The molecule has 2 heterocycles. The summed E-state index contributed by atoms with van der Waals surface area (Å²) in [7, 11) is 0. The van der Waals surface area contributed by atoms with Gasteiger partial charge >= 0.3 is 5.97 Å². The predicted molar refractivity (Wildman–Crippen MR) is 87.6 cm³/mol. The predicted octanol–water partition coefficient (Wildman–Crippen LogP) is 4.68. The molecule has 2 N–H and O–H groups in total. The SMILES string of the molecule is CCOC(=O)c1sc(-c2cc3cc(Br)ccc3o2)cc1N. The Morgan fingerprint density at radius 3 is 2.95 bits per heavy atom. The van der Waals surface area contributed by atoms with Crippen molar-refractivity contribution in [2.75, 3.05) is 12.3 Å². The summed E-state index contributed by atoms with van der Waals surface area (Å²) in [4.78, 5) is 13.0. The molecule has 0 aliphatic carbocycles. The summed E-state index contributed by atoms with van der Waals surface area (Å²) >= 11 is 4.70. The standard InChI is InChI=1S/C15H12BrNO3S/c1-2-19-15(18)14-10(17)7-13(21-14)12-6-8-5-9(16)3-4-11(8)20-12/h3-7H,2,17H2,1H3. The third-order valence-electron chi connectivity index (χ3n) is 2.94. The van der Waals surface area contributed by atoms with Gasteiger partial charge < -0.3 is 14.9 Å². The lowest BCUT2D eigenvalue weighted by atomic mass is 10.2. The molecule has 0 aliphatic heterocycles. The molecule has 0 saturated carbocycles. The van der Waals surface area contributed by atoms with E-state index in [9.17, 15) is 4.79 Å². The molecule has 2 aromatic heterocycles. The summed E-state index contributed by atoms with van der Waals surface area (Å²) in [5.74, 6) is 0.292. The second-order valence-electron chi connectivity index (χ2n) is 4.41. The molecule has 3 rings (SSSR count). The van der Waals surface area contributed by atoms with Crippen molar-refractivity contribution in [2.24, 2.45) is 0 Å². The zero-order chi connectivity index (χ0) is 15.0. The van der Waals surface area contributed by atoms with E-state index in [1.54, 1.807) is 13.0 Å². The van der Waals surface area contributed by atoms with Gasteiger partial charge in [-0.3, -0.25) is 0 Å². The van der Waals surface area contributed by atoms with E-state index in [4.69, 9.17) is 14.9 Å². The minimum absolute atomic E-state index is 0.324. The van der Waals surface area contributed by atoms with Crippen LogP contribution in [0.3, 0.4) is 0 Å². The second kappa shape index (κ2) is 5.54. The lowest BCUT2D eigenvalue weighted by Crippen LogP contribution is -2.04. The van der Waals surface area contributed by atoms with Gasteiger partial charge in [-0.25, -0.2) is 4.79 Å². The number of esters is 1. The Kier molecular flexibility index (Phi) is 3.73. The zero-order valence-electron chi connectivity index (χ0n) is 11.2. The number of thiophene rings is 1. The molecule has 1 aromatic carbocycles. The van der Waals surface area contributed by atoms with Gasteiger partial charge in [-0.05, 0) is 37.3 Å². The Morgan fingerprint density at radius 1 is 1.38 bits per heavy atom. The molecular formula is C15H12BrNO3S. The highest BCUT2D eigenvalue weighted by atomic mass is 79.9. The number of fused-ring (bicyclic) bond motifs is 1. The highest BCUT2D eigenvalue weighted by Gasteiger charge is 2.18. The van der Waals surface area contributed by atoms with Crippen molar-refractivity contribution in [1.82, 2.24) is 0 Å². The molecule has 0 atom stereocenters. The number of ether oxygens (including phenoxy) is 1. The number of hydrogen-bond acceptors (Lipinski definition) is 5. The van der Waals surface area contributed by atoms with Crippen molar-refractivity contribution < 1.29 is 13.9 Å². The Hall–Kier alpha value is -1.79. The molecule has 3 aromatic rings. The molecular weight excluding hydrogens is 354 g/mol. The van der Waals surface area contributed by atoms with Gasteiger partial charge in [-0.2, -0.15) is 0 Å². The number of nitrogens with two attached hydrogens (primary N) is 1. The fourth-order valence-corrected chi connectivity index (χ4v) is 3.32. The summed E-state index contributed by atoms with van der Waals surface area (Å²) < 4.78 is 11.8. The third kappa shape index (κ3) is 2.69. The van der Waals surface area contributed by atoms with Crippen LogP contribution in [0.25, 0.3) is 21.6 Å². The Bertz CT molecular complexity index is 822. The van der Waals surface area contributed by atoms with Crippen LogP contribution in [0.15, 0.2) is 39.2 Å². The third-order valence-corrected chi connectivity index (χ3v) is 4.58. The highest BCUT2D eigenvalue weighted by molar-refractivity contribution is 9.10. The first-order valence-corrected chi connectivity index (χ1v) is 7.95. The second-order valence-corrected chi connectivity index (χ2v) is 6.38. The normalized spacial score (nSPS) is 11.0. The number of hydrogen-bond donors (Lipinski definition) is 1. The van der Waals surface area contributed by atoms with E-state index in [0.29, 0.717) is 22.9 Å². The van der Waals surface area contributed by atoms with Crippen molar-refractivity contribution in [3.8, 4) is 10.6 Å². The van der Waals surface area contributed by atoms with Crippen molar-refractivity contribution in [3.05, 3.63) is 39.7 Å². The van der Waals surface area contributed by atoms with Crippen molar-refractivity contribution in [1.29, 1.82) is 0 Å².